The van der Waals surface area contributed by atoms with Gasteiger partial charge < -0.3 is 0 Å². The second-order valence-electron chi connectivity index (χ2n) is 19.3. The van der Waals surface area contributed by atoms with Gasteiger partial charge in [-0.1, -0.05) is 237 Å². The molecule has 0 unspecified atom stereocenters. The first-order valence-electron chi connectivity index (χ1n) is 24.8. The van der Waals surface area contributed by atoms with Crippen molar-refractivity contribution < 1.29 is 0 Å². The van der Waals surface area contributed by atoms with Crippen molar-refractivity contribution in [1.82, 2.24) is 15.0 Å². The van der Waals surface area contributed by atoms with Gasteiger partial charge in [0.05, 0.1) is 0 Å². The number of benzene rings is 12. The molecular weight excluding hydrogens is 871 g/mol. The van der Waals surface area contributed by atoms with Crippen LogP contribution in [0, 0.1) is 0 Å². The van der Waals surface area contributed by atoms with Crippen molar-refractivity contribution in [3.63, 3.8) is 0 Å². The molecule has 3 aliphatic carbocycles. The van der Waals surface area contributed by atoms with E-state index in [9.17, 15) is 0 Å². The van der Waals surface area contributed by atoms with Crippen LogP contribution in [0.2, 0.25) is 0 Å². The Morgan fingerprint density at radius 1 is 0.153 bits per heavy atom. The minimum atomic E-state index is 0.629. The number of nitrogens with zero attached hydrogens (tertiary/aromatic N) is 3. The van der Waals surface area contributed by atoms with Gasteiger partial charge in [0.2, 0.25) is 0 Å². The van der Waals surface area contributed by atoms with Crippen LogP contribution < -0.4 is 0 Å². The monoisotopic (exact) mass is 909 g/mol. The van der Waals surface area contributed by atoms with Crippen molar-refractivity contribution in [2.75, 3.05) is 0 Å². The maximum atomic E-state index is 5.23. The van der Waals surface area contributed by atoms with E-state index in [2.05, 4.69) is 237 Å². The van der Waals surface area contributed by atoms with E-state index in [4.69, 9.17) is 15.0 Å². The Kier molecular flexibility index (Phi) is 8.17. The fourth-order valence-corrected chi connectivity index (χ4v) is 12.3. The second kappa shape index (κ2) is 15.0. The van der Waals surface area contributed by atoms with Crippen LogP contribution in [0.25, 0.3) is 167 Å². The number of hydrogen-bond donors (Lipinski definition) is 0. The number of fused-ring (bicyclic) bond motifs is 9. The molecule has 3 heteroatoms. The standard InChI is InChI=1S/C69H39N3/c1-4-13-52-49(10-1)58-19-7-16-55-46(34-37-61(52)64(55)58)40-22-28-43(29-23-40)67-70-68(44-30-24-41(25-31-44)47-35-38-62-53-14-5-2-11-50(53)59-20-8-17-56(47)65(59)62)72-69(71-67)45-32-26-42(27-33-45)48-36-39-63-54-15-6-3-12-51(54)60-21-9-18-57(48)66(60)63/h1-39H. The predicted octanol–water partition coefficient (Wildman–Crippen LogP) is 18.3. The van der Waals surface area contributed by atoms with Crippen molar-refractivity contribution in [2.45, 2.75) is 0 Å². The molecule has 13 aromatic rings. The van der Waals surface area contributed by atoms with Crippen molar-refractivity contribution >= 4 is 32.3 Å². The highest BCUT2D eigenvalue weighted by Crippen LogP contribution is 2.52. The third-order valence-electron chi connectivity index (χ3n) is 15.6. The molecule has 0 spiro atoms. The van der Waals surface area contributed by atoms with Gasteiger partial charge in [-0.2, -0.15) is 0 Å². The van der Waals surface area contributed by atoms with E-state index in [0.29, 0.717) is 17.5 Å². The highest BCUT2D eigenvalue weighted by molar-refractivity contribution is 6.21. The Hall–Kier alpha value is -9.57. The molecule has 3 nitrogen and oxygen atoms in total. The zero-order valence-electron chi connectivity index (χ0n) is 38.9. The molecule has 12 aromatic carbocycles. The molecule has 0 saturated carbocycles. The molecule has 0 bridgehead atoms. The first kappa shape index (κ1) is 39.3. The van der Waals surface area contributed by atoms with E-state index >= 15 is 0 Å². The van der Waals surface area contributed by atoms with E-state index in [0.717, 1.165) is 33.4 Å². The Morgan fingerprint density at radius 2 is 0.361 bits per heavy atom. The lowest BCUT2D eigenvalue weighted by Gasteiger charge is -2.13. The lowest BCUT2D eigenvalue weighted by molar-refractivity contribution is 1.07. The van der Waals surface area contributed by atoms with Gasteiger partial charge in [-0.25, -0.2) is 15.0 Å². The third kappa shape index (κ3) is 5.65. The molecule has 330 valence electrons. The molecule has 72 heavy (non-hydrogen) atoms. The average Bonchev–Trinajstić information content (AvgIpc) is 4.09. The average molecular weight is 910 g/mol. The van der Waals surface area contributed by atoms with Gasteiger partial charge in [0.25, 0.3) is 0 Å². The van der Waals surface area contributed by atoms with Gasteiger partial charge in [0.15, 0.2) is 17.5 Å². The van der Waals surface area contributed by atoms with Gasteiger partial charge in [0, 0.05) is 16.7 Å². The maximum Gasteiger partial charge on any atom is 0.164 e. The summed E-state index contributed by atoms with van der Waals surface area (Å²) in [5, 5.41) is 7.74. The van der Waals surface area contributed by atoms with Crippen LogP contribution in [0.4, 0.5) is 0 Å². The Balaban J connectivity index is 0.791. The van der Waals surface area contributed by atoms with E-state index in [1.54, 1.807) is 0 Å². The fraction of sp³-hybridized carbons (Fsp3) is 0. The molecule has 0 amide bonds. The van der Waals surface area contributed by atoms with E-state index in [1.807, 2.05) is 0 Å². The van der Waals surface area contributed by atoms with Gasteiger partial charge >= 0.3 is 0 Å². The summed E-state index contributed by atoms with van der Waals surface area (Å²) in [4.78, 5) is 15.7. The summed E-state index contributed by atoms with van der Waals surface area (Å²) in [5.41, 5.74) is 25.5. The molecule has 1 heterocycles. The van der Waals surface area contributed by atoms with Crippen LogP contribution in [0.3, 0.4) is 0 Å². The van der Waals surface area contributed by atoms with Crippen LogP contribution in [-0.2, 0) is 0 Å². The van der Waals surface area contributed by atoms with Crippen molar-refractivity contribution in [3.05, 3.63) is 237 Å². The molecule has 0 N–H and O–H groups in total. The lowest BCUT2D eigenvalue weighted by Crippen LogP contribution is -2.00. The van der Waals surface area contributed by atoms with Crippen LogP contribution in [0.15, 0.2) is 237 Å². The lowest BCUT2D eigenvalue weighted by atomic mass is 9.93. The summed E-state index contributed by atoms with van der Waals surface area (Å²) in [7, 11) is 0. The van der Waals surface area contributed by atoms with E-state index < -0.39 is 0 Å². The van der Waals surface area contributed by atoms with Crippen molar-refractivity contribution in [2.24, 2.45) is 0 Å². The van der Waals surface area contributed by atoms with Crippen LogP contribution in [0.1, 0.15) is 0 Å². The molecule has 1 aromatic heterocycles. The SMILES string of the molecule is c1ccc2c(c1)-c1cccc3c(-c4ccc(-c5nc(-c6ccc(-c7ccc8c9c(cccc79)-c7ccccc7-8)cc6)nc(-c6ccc(-c7ccc8c9c(cccc79)-c7ccccc7-8)cc6)n5)cc4)ccc-2c13. The number of rotatable bonds is 6. The van der Waals surface area contributed by atoms with Crippen LogP contribution in [-0.4, -0.2) is 15.0 Å². The molecular formula is C69H39N3. The predicted molar refractivity (Wildman–Crippen MR) is 298 cm³/mol. The minimum absolute atomic E-state index is 0.629. The summed E-state index contributed by atoms with van der Waals surface area (Å²) >= 11 is 0. The zero-order valence-corrected chi connectivity index (χ0v) is 38.9. The fourth-order valence-electron chi connectivity index (χ4n) is 12.3. The highest BCUT2D eigenvalue weighted by atomic mass is 15.0. The summed E-state index contributed by atoms with van der Waals surface area (Å²) in [5.74, 6) is 1.89. The summed E-state index contributed by atoms with van der Waals surface area (Å²) < 4.78 is 0. The van der Waals surface area contributed by atoms with Gasteiger partial charge in [-0.3, -0.25) is 0 Å². The van der Waals surface area contributed by atoms with Crippen LogP contribution in [0.5, 0.6) is 0 Å². The van der Waals surface area contributed by atoms with E-state index in [-0.39, 0.29) is 0 Å². The first-order valence-corrected chi connectivity index (χ1v) is 24.8. The molecule has 0 aliphatic heterocycles. The summed E-state index contributed by atoms with van der Waals surface area (Å²) in [6, 6.07) is 86.2. The summed E-state index contributed by atoms with van der Waals surface area (Å²) in [6.07, 6.45) is 0. The van der Waals surface area contributed by atoms with Gasteiger partial charge in [-0.05, 0) is 132 Å². The molecule has 0 radical (unpaired) electrons. The number of hydrogen-bond acceptors (Lipinski definition) is 3. The smallest absolute Gasteiger partial charge is 0.164 e. The Morgan fingerprint density at radius 3 is 0.625 bits per heavy atom. The van der Waals surface area contributed by atoms with Gasteiger partial charge in [-0.15, -0.1) is 0 Å². The summed E-state index contributed by atoms with van der Waals surface area (Å²) in [6.45, 7) is 0. The molecule has 0 saturated heterocycles. The molecule has 3 aliphatic rings. The Bertz CT molecular complexity index is 3910. The largest absolute Gasteiger partial charge is 0.208 e. The molecule has 16 rings (SSSR count). The Labute approximate surface area is 416 Å². The quantitative estimate of drug-likeness (QED) is 0.167. The van der Waals surface area contributed by atoms with Crippen LogP contribution >= 0.6 is 0 Å². The highest BCUT2D eigenvalue weighted by Gasteiger charge is 2.26. The number of aromatic nitrogens is 3. The zero-order chi connectivity index (χ0) is 47.0. The minimum Gasteiger partial charge on any atom is -0.208 e. The van der Waals surface area contributed by atoms with E-state index in [1.165, 1.54) is 116 Å². The second-order valence-corrected chi connectivity index (χ2v) is 19.3. The van der Waals surface area contributed by atoms with Gasteiger partial charge in [0.1, 0.15) is 0 Å². The maximum absolute atomic E-state index is 5.23. The topological polar surface area (TPSA) is 38.7 Å². The molecule has 0 fully saturated rings. The van der Waals surface area contributed by atoms with Crippen molar-refractivity contribution in [1.29, 1.82) is 0 Å². The normalized spacial score (nSPS) is 12.2. The third-order valence-corrected chi connectivity index (χ3v) is 15.6. The first-order chi connectivity index (χ1) is 35.7. The van der Waals surface area contributed by atoms with Crippen molar-refractivity contribution in [3.8, 4) is 134 Å². The molecule has 0 atom stereocenters.